The highest BCUT2D eigenvalue weighted by Gasteiger charge is 2.32. The second-order valence-electron chi connectivity index (χ2n) is 6.65. The van der Waals surface area contributed by atoms with Gasteiger partial charge in [-0.15, -0.1) is 0 Å². The summed E-state index contributed by atoms with van der Waals surface area (Å²) in [5, 5.41) is 22.4. The van der Waals surface area contributed by atoms with E-state index in [1.54, 1.807) is 0 Å². The van der Waals surface area contributed by atoms with E-state index >= 15 is 0 Å². The molecule has 3 rings (SSSR count). The zero-order chi connectivity index (χ0) is 22.3. The Hall–Kier alpha value is -4.06. The predicted octanol–water partition coefficient (Wildman–Crippen LogP) is 2.54. The lowest BCUT2D eigenvalue weighted by atomic mass is 10.1. The fourth-order valence-corrected chi connectivity index (χ4v) is 2.82. The Kier molecular flexibility index (Phi) is 6.72. The van der Waals surface area contributed by atoms with Gasteiger partial charge >= 0.3 is 5.92 Å². The summed E-state index contributed by atoms with van der Waals surface area (Å²) in [6, 6.07) is 17.8. The van der Waals surface area contributed by atoms with Crippen LogP contribution in [0.3, 0.4) is 0 Å². The van der Waals surface area contributed by atoms with E-state index in [9.17, 15) is 24.0 Å². The molecule has 0 aliphatic carbocycles. The molecule has 2 heterocycles. The van der Waals surface area contributed by atoms with Crippen LogP contribution < -0.4 is 10.8 Å². The number of nitrogens with one attached hydrogen (secondary N) is 1. The van der Waals surface area contributed by atoms with Crippen LogP contribution in [0, 0.1) is 11.3 Å². The summed E-state index contributed by atoms with van der Waals surface area (Å²) in [6.07, 6.45) is 0.926. The summed E-state index contributed by atoms with van der Waals surface area (Å²) in [5.41, 5.74) is 0.217. The van der Waals surface area contributed by atoms with Gasteiger partial charge in [-0.25, -0.2) is 0 Å². The number of hydrogen-bond acceptors (Lipinski definition) is 5. The number of nitriles is 1. The van der Waals surface area contributed by atoms with E-state index in [1.807, 2.05) is 36.4 Å². The van der Waals surface area contributed by atoms with E-state index < -0.39 is 24.1 Å². The molecule has 1 amide bonds. The van der Waals surface area contributed by atoms with Gasteiger partial charge in [-0.05, 0) is 29.8 Å². The van der Waals surface area contributed by atoms with Gasteiger partial charge in [0.05, 0.1) is 17.7 Å². The number of pyridine rings is 2. The minimum Gasteiger partial charge on any atom is -0.427 e. The molecule has 0 saturated heterocycles. The van der Waals surface area contributed by atoms with Crippen molar-refractivity contribution in [2.45, 2.75) is 18.9 Å². The van der Waals surface area contributed by atoms with E-state index in [0.29, 0.717) is 4.73 Å². The number of benzene rings is 1. The number of carbonyl (C=O) groups excluding carboxylic acids is 1. The molecule has 7 nitrogen and oxygen atoms in total. The monoisotopic (exact) mass is 423 g/mol. The SMILES string of the molecule is N#Cc1ccc(=NCC(F)(F)c2ccccn2)n(O)c1CC(=O)NCc1ccccc1. The van der Waals surface area contributed by atoms with E-state index in [1.165, 1.54) is 36.5 Å². The number of alkyl halides is 2. The summed E-state index contributed by atoms with van der Waals surface area (Å²) >= 11 is 0. The molecule has 0 fully saturated rings. The molecule has 0 bridgehead atoms. The average molecular weight is 423 g/mol. The highest BCUT2D eigenvalue weighted by molar-refractivity contribution is 5.78. The van der Waals surface area contributed by atoms with Crippen LogP contribution in [0.4, 0.5) is 8.78 Å². The van der Waals surface area contributed by atoms with Crippen molar-refractivity contribution in [3.63, 3.8) is 0 Å². The minimum absolute atomic E-state index is 0.0350. The molecule has 0 atom stereocenters. The zero-order valence-corrected chi connectivity index (χ0v) is 16.4. The minimum atomic E-state index is -3.35. The highest BCUT2D eigenvalue weighted by Crippen LogP contribution is 2.25. The van der Waals surface area contributed by atoms with Crippen molar-refractivity contribution in [2.75, 3.05) is 6.54 Å². The van der Waals surface area contributed by atoms with Crippen molar-refractivity contribution in [1.82, 2.24) is 15.0 Å². The number of amides is 1. The van der Waals surface area contributed by atoms with Crippen molar-refractivity contribution in [3.05, 3.63) is 94.9 Å². The molecular formula is C22H19F2N5O2. The van der Waals surface area contributed by atoms with E-state index in [2.05, 4.69) is 15.3 Å². The highest BCUT2D eigenvalue weighted by atomic mass is 19.3. The molecular weight excluding hydrogens is 404 g/mol. The lowest BCUT2D eigenvalue weighted by molar-refractivity contribution is -0.120. The van der Waals surface area contributed by atoms with Crippen LogP contribution in [-0.2, 0) is 23.7 Å². The second kappa shape index (κ2) is 9.63. The molecule has 2 N–H and O–H groups in total. The first-order chi connectivity index (χ1) is 14.9. The largest absolute Gasteiger partial charge is 0.427 e. The summed E-state index contributed by atoms with van der Waals surface area (Å²) in [4.78, 5) is 19.7. The number of carbonyl (C=O) groups is 1. The Balaban J connectivity index is 1.79. The van der Waals surface area contributed by atoms with E-state index in [4.69, 9.17) is 0 Å². The lowest BCUT2D eigenvalue weighted by Gasteiger charge is -2.14. The van der Waals surface area contributed by atoms with Crippen LogP contribution in [0.1, 0.15) is 22.5 Å². The maximum absolute atomic E-state index is 14.3. The molecule has 0 aliphatic heterocycles. The molecule has 0 unspecified atom stereocenters. The van der Waals surface area contributed by atoms with Gasteiger partial charge in [0.15, 0.2) is 5.49 Å². The van der Waals surface area contributed by atoms with Gasteiger partial charge in [-0.2, -0.15) is 18.8 Å². The van der Waals surface area contributed by atoms with Crippen LogP contribution in [0.2, 0.25) is 0 Å². The van der Waals surface area contributed by atoms with Crippen molar-refractivity contribution >= 4 is 5.91 Å². The van der Waals surface area contributed by atoms with Crippen LogP contribution in [0.15, 0.2) is 71.9 Å². The topological polar surface area (TPSA) is 103 Å². The Morgan fingerprint density at radius 3 is 2.58 bits per heavy atom. The van der Waals surface area contributed by atoms with E-state index in [0.717, 1.165) is 5.56 Å². The van der Waals surface area contributed by atoms with Crippen LogP contribution in [-0.4, -0.2) is 27.4 Å². The third-order valence-corrected chi connectivity index (χ3v) is 4.44. The fourth-order valence-electron chi connectivity index (χ4n) is 2.82. The summed E-state index contributed by atoms with van der Waals surface area (Å²) in [7, 11) is 0. The van der Waals surface area contributed by atoms with Crippen LogP contribution in [0.25, 0.3) is 0 Å². The van der Waals surface area contributed by atoms with Gasteiger partial charge < -0.3 is 10.5 Å². The number of nitrogens with zero attached hydrogens (tertiary/aromatic N) is 4. The van der Waals surface area contributed by atoms with Gasteiger partial charge in [0, 0.05) is 12.7 Å². The van der Waals surface area contributed by atoms with Crippen molar-refractivity contribution < 1.29 is 18.8 Å². The Morgan fingerprint density at radius 2 is 1.90 bits per heavy atom. The van der Waals surface area contributed by atoms with Gasteiger partial charge in [0.2, 0.25) is 5.91 Å². The van der Waals surface area contributed by atoms with Crippen molar-refractivity contribution in [2.24, 2.45) is 4.99 Å². The maximum Gasteiger partial charge on any atom is 0.308 e. The Bertz CT molecular complexity index is 1160. The fraction of sp³-hybridized carbons (Fsp3) is 0.182. The Morgan fingerprint density at radius 1 is 1.16 bits per heavy atom. The van der Waals surface area contributed by atoms with E-state index in [-0.39, 0.29) is 29.7 Å². The first kappa shape index (κ1) is 21.6. The molecule has 1 aromatic carbocycles. The molecule has 0 spiro atoms. The normalized spacial score (nSPS) is 11.7. The van der Waals surface area contributed by atoms with Gasteiger partial charge in [0.25, 0.3) is 0 Å². The second-order valence-corrected chi connectivity index (χ2v) is 6.65. The van der Waals surface area contributed by atoms with Crippen LogP contribution in [0.5, 0.6) is 0 Å². The third kappa shape index (κ3) is 5.51. The van der Waals surface area contributed by atoms with Crippen molar-refractivity contribution in [3.8, 4) is 6.07 Å². The first-order valence-electron chi connectivity index (χ1n) is 9.35. The molecule has 0 aliphatic rings. The number of hydrogen-bond donors (Lipinski definition) is 2. The van der Waals surface area contributed by atoms with Gasteiger partial charge in [0.1, 0.15) is 18.3 Å². The number of halogens is 2. The molecule has 9 heteroatoms. The molecule has 3 aromatic rings. The third-order valence-electron chi connectivity index (χ3n) is 4.44. The lowest BCUT2D eigenvalue weighted by Crippen LogP contribution is -2.31. The maximum atomic E-state index is 14.3. The van der Waals surface area contributed by atoms with Crippen molar-refractivity contribution in [1.29, 1.82) is 5.26 Å². The smallest absolute Gasteiger partial charge is 0.308 e. The molecule has 31 heavy (non-hydrogen) atoms. The number of aromatic nitrogens is 2. The first-order valence-corrected chi connectivity index (χ1v) is 9.35. The summed E-state index contributed by atoms with van der Waals surface area (Å²) in [6.45, 7) is -0.691. The predicted molar refractivity (Wildman–Crippen MR) is 107 cm³/mol. The quantitative estimate of drug-likeness (QED) is 0.570. The van der Waals surface area contributed by atoms with Gasteiger partial charge in [-0.1, -0.05) is 36.4 Å². The molecule has 158 valence electrons. The molecule has 2 aromatic heterocycles. The summed E-state index contributed by atoms with van der Waals surface area (Å²) in [5.74, 6) is -3.80. The standard InChI is InChI=1S/C22H19F2N5O2/c23-22(24,19-8-4-5-11-26-19)15-28-20-10-9-17(13-25)18(29(20)31)12-21(30)27-14-16-6-2-1-3-7-16/h1-11,31H,12,14-15H2,(H,27,30). The summed E-state index contributed by atoms with van der Waals surface area (Å²) < 4.78 is 29.2. The zero-order valence-electron chi connectivity index (χ0n) is 16.4. The van der Waals surface area contributed by atoms with Gasteiger partial charge in [-0.3, -0.25) is 14.8 Å². The molecule has 0 saturated carbocycles. The van der Waals surface area contributed by atoms with Crippen LogP contribution >= 0.6 is 0 Å². The average Bonchev–Trinajstić information content (AvgIpc) is 2.79. The molecule has 0 radical (unpaired) electrons. The number of rotatable bonds is 7. The Labute approximate surface area is 176 Å².